The average molecular weight is 434 g/mol. The van der Waals surface area contributed by atoms with Crippen molar-refractivity contribution in [3.05, 3.63) is 94.5 Å². The minimum absolute atomic E-state index is 0.00442. The maximum absolute atomic E-state index is 13.0. The van der Waals surface area contributed by atoms with E-state index in [0.29, 0.717) is 29.4 Å². The van der Waals surface area contributed by atoms with Crippen LogP contribution in [-0.2, 0) is 6.54 Å². The first-order valence-corrected chi connectivity index (χ1v) is 10.7. The van der Waals surface area contributed by atoms with Crippen LogP contribution in [0.5, 0.6) is 0 Å². The molecule has 0 aliphatic carbocycles. The van der Waals surface area contributed by atoms with Crippen molar-refractivity contribution in [1.29, 1.82) is 0 Å². The third kappa shape index (κ3) is 5.06. The Bertz CT molecular complexity index is 1060. The first kappa shape index (κ1) is 20.9. The molecule has 6 heteroatoms. The highest BCUT2D eigenvalue weighted by molar-refractivity contribution is 6.30. The molecule has 3 aromatic rings. The lowest BCUT2D eigenvalue weighted by molar-refractivity contribution is 0.102. The smallest absolute Gasteiger partial charge is 0.322 e. The summed E-state index contributed by atoms with van der Waals surface area (Å²) in [6.45, 7) is 4.09. The van der Waals surface area contributed by atoms with Crippen molar-refractivity contribution in [3.63, 3.8) is 0 Å². The summed E-state index contributed by atoms with van der Waals surface area (Å²) in [7, 11) is 0. The Morgan fingerprint density at radius 2 is 1.61 bits per heavy atom. The molecule has 0 bridgehead atoms. The number of hydrogen-bond donors (Lipinski definition) is 1. The number of halogens is 1. The minimum atomic E-state index is -0.206. The van der Waals surface area contributed by atoms with E-state index < -0.39 is 0 Å². The van der Waals surface area contributed by atoms with Crippen LogP contribution in [0, 0.1) is 6.92 Å². The summed E-state index contributed by atoms with van der Waals surface area (Å²) in [4.78, 5) is 29.1. The zero-order valence-corrected chi connectivity index (χ0v) is 18.1. The Morgan fingerprint density at radius 1 is 0.935 bits per heavy atom. The van der Waals surface area contributed by atoms with E-state index in [2.05, 4.69) is 36.5 Å². The number of carbonyl (C=O) groups is 2. The van der Waals surface area contributed by atoms with Gasteiger partial charge in [-0.1, -0.05) is 41.4 Å². The van der Waals surface area contributed by atoms with E-state index in [-0.39, 0.29) is 11.9 Å². The van der Waals surface area contributed by atoms with Crippen LogP contribution < -0.4 is 10.2 Å². The molecule has 31 heavy (non-hydrogen) atoms. The number of nitrogens with zero attached hydrogens (tertiary/aromatic N) is 2. The summed E-state index contributed by atoms with van der Waals surface area (Å²) in [6, 6.07) is 22.4. The van der Waals surface area contributed by atoms with Crippen LogP contribution in [-0.4, -0.2) is 29.9 Å². The summed E-state index contributed by atoms with van der Waals surface area (Å²) in [6.07, 6.45) is 0.909. The van der Waals surface area contributed by atoms with E-state index in [1.165, 1.54) is 5.56 Å². The molecule has 1 fully saturated rings. The quantitative estimate of drug-likeness (QED) is 0.558. The predicted molar refractivity (Wildman–Crippen MR) is 125 cm³/mol. The first-order chi connectivity index (χ1) is 15.0. The normalized spacial score (nSPS) is 13.9. The number of benzene rings is 3. The van der Waals surface area contributed by atoms with E-state index in [4.69, 9.17) is 11.6 Å². The van der Waals surface area contributed by atoms with Gasteiger partial charge in [0.05, 0.1) is 0 Å². The molecule has 1 aliphatic rings. The van der Waals surface area contributed by atoms with Gasteiger partial charge in [-0.05, 0) is 67.4 Å². The van der Waals surface area contributed by atoms with Gasteiger partial charge in [0.25, 0.3) is 5.91 Å². The lowest BCUT2D eigenvalue weighted by atomic mass is 10.1. The molecular formula is C25H24ClN3O2. The Morgan fingerprint density at radius 3 is 2.29 bits per heavy atom. The zero-order chi connectivity index (χ0) is 21.8. The van der Waals surface area contributed by atoms with Gasteiger partial charge < -0.3 is 10.2 Å². The highest BCUT2D eigenvalue weighted by atomic mass is 35.5. The summed E-state index contributed by atoms with van der Waals surface area (Å²) >= 11 is 5.87. The number of urea groups is 1. The fraction of sp³-hybridized carbons (Fsp3) is 0.200. The van der Waals surface area contributed by atoms with Gasteiger partial charge in [-0.15, -0.1) is 0 Å². The number of rotatable bonds is 5. The zero-order valence-electron chi connectivity index (χ0n) is 17.3. The van der Waals surface area contributed by atoms with Crippen molar-refractivity contribution in [1.82, 2.24) is 4.90 Å². The van der Waals surface area contributed by atoms with Crippen molar-refractivity contribution in [2.24, 2.45) is 0 Å². The second-order valence-corrected chi connectivity index (χ2v) is 8.14. The SMILES string of the molecule is Cc1ccc(CN2CCCN(c3ccc(NC(=O)c4ccc(Cl)cc4)cc3)C2=O)cc1. The first-order valence-electron chi connectivity index (χ1n) is 10.3. The molecule has 3 aromatic carbocycles. The fourth-order valence-electron chi connectivity index (χ4n) is 3.61. The Kier molecular flexibility index (Phi) is 6.23. The third-order valence-electron chi connectivity index (χ3n) is 5.35. The van der Waals surface area contributed by atoms with E-state index in [9.17, 15) is 9.59 Å². The minimum Gasteiger partial charge on any atom is -0.322 e. The largest absolute Gasteiger partial charge is 0.324 e. The standard InChI is InChI=1S/C25H24ClN3O2/c1-18-3-5-19(6-4-18)17-28-15-2-16-29(25(28)31)23-13-11-22(12-14-23)27-24(30)20-7-9-21(26)10-8-20/h3-14H,2,15-17H2,1H3,(H,27,30). The van der Waals surface area contributed by atoms with Crippen molar-refractivity contribution in [2.45, 2.75) is 19.9 Å². The van der Waals surface area contributed by atoms with Crippen molar-refractivity contribution < 1.29 is 9.59 Å². The van der Waals surface area contributed by atoms with Crippen LogP contribution in [0.3, 0.4) is 0 Å². The van der Waals surface area contributed by atoms with Gasteiger partial charge in [0.1, 0.15) is 0 Å². The van der Waals surface area contributed by atoms with Crippen LogP contribution in [0.2, 0.25) is 5.02 Å². The molecule has 158 valence electrons. The molecule has 0 unspecified atom stereocenters. The fourth-order valence-corrected chi connectivity index (χ4v) is 3.74. The third-order valence-corrected chi connectivity index (χ3v) is 5.60. The Hall–Kier alpha value is -3.31. The number of carbonyl (C=O) groups excluding carboxylic acids is 2. The average Bonchev–Trinajstić information content (AvgIpc) is 2.78. The maximum atomic E-state index is 13.0. The molecule has 0 atom stereocenters. The molecule has 5 nitrogen and oxygen atoms in total. The monoisotopic (exact) mass is 433 g/mol. The molecule has 1 N–H and O–H groups in total. The summed E-state index contributed by atoms with van der Waals surface area (Å²) in [5.41, 5.74) is 4.36. The second-order valence-electron chi connectivity index (χ2n) is 7.70. The molecule has 0 saturated carbocycles. The molecule has 0 spiro atoms. The number of hydrogen-bond acceptors (Lipinski definition) is 2. The van der Waals surface area contributed by atoms with E-state index >= 15 is 0 Å². The maximum Gasteiger partial charge on any atom is 0.324 e. The van der Waals surface area contributed by atoms with Gasteiger partial charge in [0.2, 0.25) is 0 Å². The van der Waals surface area contributed by atoms with Crippen LogP contribution >= 0.6 is 11.6 Å². The molecule has 1 aliphatic heterocycles. The highest BCUT2D eigenvalue weighted by Crippen LogP contribution is 2.24. The highest BCUT2D eigenvalue weighted by Gasteiger charge is 2.26. The molecule has 0 radical (unpaired) electrons. The number of nitrogens with one attached hydrogen (secondary N) is 1. The molecular weight excluding hydrogens is 410 g/mol. The van der Waals surface area contributed by atoms with Crippen LogP contribution in [0.4, 0.5) is 16.2 Å². The second kappa shape index (κ2) is 9.23. The lowest BCUT2D eigenvalue weighted by Crippen LogP contribution is -2.49. The van der Waals surface area contributed by atoms with Gasteiger partial charge >= 0.3 is 6.03 Å². The van der Waals surface area contributed by atoms with E-state index in [0.717, 1.165) is 24.2 Å². The summed E-state index contributed by atoms with van der Waals surface area (Å²) in [5, 5.41) is 3.46. The number of anilines is 2. The summed E-state index contributed by atoms with van der Waals surface area (Å²) < 4.78 is 0. The van der Waals surface area contributed by atoms with Crippen molar-refractivity contribution in [3.8, 4) is 0 Å². The van der Waals surface area contributed by atoms with Gasteiger partial charge in [-0.25, -0.2) is 4.79 Å². The van der Waals surface area contributed by atoms with E-state index in [1.54, 1.807) is 29.2 Å². The van der Waals surface area contributed by atoms with Gasteiger partial charge in [-0.3, -0.25) is 9.69 Å². The van der Waals surface area contributed by atoms with E-state index in [1.807, 2.05) is 29.2 Å². The molecule has 0 aromatic heterocycles. The number of aryl methyl sites for hydroxylation is 1. The Balaban J connectivity index is 1.41. The molecule has 4 rings (SSSR count). The lowest BCUT2D eigenvalue weighted by Gasteiger charge is -2.35. The molecule has 1 saturated heterocycles. The summed E-state index contributed by atoms with van der Waals surface area (Å²) in [5.74, 6) is -0.206. The van der Waals surface area contributed by atoms with Crippen molar-refractivity contribution in [2.75, 3.05) is 23.3 Å². The predicted octanol–water partition coefficient (Wildman–Crippen LogP) is 5.73. The molecule has 3 amide bonds. The van der Waals surface area contributed by atoms with Gasteiger partial charge in [0.15, 0.2) is 0 Å². The van der Waals surface area contributed by atoms with Gasteiger partial charge in [-0.2, -0.15) is 0 Å². The Labute approximate surface area is 187 Å². The van der Waals surface area contributed by atoms with Crippen LogP contribution in [0.25, 0.3) is 0 Å². The van der Waals surface area contributed by atoms with Crippen molar-refractivity contribution >= 4 is 34.9 Å². The number of amides is 3. The van der Waals surface area contributed by atoms with Crippen LogP contribution in [0.15, 0.2) is 72.8 Å². The topological polar surface area (TPSA) is 52.6 Å². The molecule has 1 heterocycles. The van der Waals surface area contributed by atoms with Gasteiger partial charge in [0, 0.05) is 41.6 Å². The van der Waals surface area contributed by atoms with Crippen LogP contribution in [0.1, 0.15) is 27.9 Å².